The lowest BCUT2D eigenvalue weighted by Crippen LogP contribution is -1.87. The van der Waals surface area contributed by atoms with Gasteiger partial charge in [0.1, 0.15) is 29.1 Å². The van der Waals surface area contributed by atoms with Crippen molar-refractivity contribution in [3.8, 4) is 39.5 Å². The summed E-state index contributed by atoms with van der Waals surface area (Å²) in [6.07, 6.45) is 4.90. The van der Waals surface area contributed by atoms with E-state index in [1.165, 1.54) is 12.4 Å². The summed E-state index contributed by atoms with van der Waals surface area (Å²) in [4.78, 5) is 16.3. The van der Waals surface area contributed by atoms with E-state index in [1.807, 2.05) is 36.4 Å². The van der Waals surface area contributed by atoms with E-state index in [9.17, 15) is 9.50 Å². The van der Waals surface area contributed by atoms with Crippen LogP contribution in [0.4, 0.5) is 4.39 Å². The number of aromatic amines is 2. The Kier molecular flexibility index (Phi) is 3.97. The van der Waals surface area contributed by atoms with Crippen molar-refractivity contribution >= 4 is 21.9 Å². The SMILES string of the molecule is Oc1cc(F)cc(-c2cccc3[nH]c(-c4n[nH]c5ccc(-c6cncnc6)nc45)cc23)c1. The van der Waals surface area contributed by atoms with E-state index < -0.39 is 5.82 Å². The quantitative estimate of drug-likeness (QED) is 0.369. The van der Waals surface area contributed by atoms with E-state index in [0.717, 1.165) is 45.0 Å². The van der Waals surface area contributed by atoms with Gasteiger partial charge in [0.15, 0.2) is 0 Å². The number of H-pyrrole nitrogens is 2. The zero-order chi connectivity index (χ0) is 21.7. The van der Waals surface area contributed by atoms with Crippen LogP contribution in [0, 0.1) is 5.82 Å². The summed E-state index contributed by atoms with van der Waals surface area (Å²) in [7, 11) is 0. The Hall–Kier alpha value is -4.59. The number of phenolic OH excluding ortho intramolecular Hbond substituents is 1. The van der Waals surface area contributed by atoms with Gasteiger partial charge in [-0.15, -0.1) is 0 Å². The molecule has 8 heteroatoms. The number of nitrogens with zero attached hydrogens (tertiary/aromatic N) is 4. The lowest BCUT2D eigenvalue weighted by Gasteiger charge is -2.05. The van der Waals surface area contributed by atoms with E-state index in [0.29, 0.717) is 16.8 Å². The number of halogens is 1. The number of benzene rings is 2. The first-order valence-electron chi connectivity index (χ1n) is 9.88. The highest BCUT2D eigenvalue weighted by molar-refractivity contribution is 6.00. The molecule has 0 saturated heterocycles. The minimum atomic E-state index is -0.493. The molecule has 0 aliphatic carbocycles. The smallest absolute Gasteiger partial charge is 0.135 e. The van der Waals surface area contributed by atoms with Crippen LogP contribution in [0.5, 0.6) is 5.75 Å². The number of nitrogens with one attached hydrogen (secondary N) is 2. The molecule has 0 saturated carbocycles. The number of aromatic hydroxyl groups is 1. The molecule has 3 N–H and O–H groups in total. The Morgan fingerprint density at radius 1 is 0.875 bits per heavy atom. The second-order valence-electron chi connectivity index (χ2n) is 7.44. The topological polar surface area (TPSA) is 103 Å². The highest BCUT2D eigenvalue weighted by atomic mass is 19.1. The first-order chi connectivity index (χ1) is 15.7. The highest BCUT2D eigenvalue weighted by Crippen LogP contribution is 2.35. The molecular weight excluding hydrogens is 407 g/mol. The zero-order valence-electron chi connectivity index (χ0n) is 16.5. The fourth-order valence-corrected chi connectivity index (χ4v) is 3.94. The van der Waals surface area contributed by atoms with Crippen LogP contribution in [-0.4, -0.2) is 35.2 Å². The molecule has 2 aromatic carbocycles. The van der Waals surface area contributed by atoms with Crippen molar-refractivity contribution in [1.29, 1.82) is 0 Å². The Bertz CT molecular complexity index is 1590. The van der Waals surface area contributed by atoms with E-state index in [-0.39, 0.29) is 5.75 Å². The van der Waals surface area contributed by atoms with E-state index in [2.05, 4.69) is 25.1 Å². The van der Waals surface area contributed by atoms with E-state index in [1.54, 1.807) is 18.5 Å². The molecule has 0 spiro atoms. The van der Waals surface area contributed by atoms with Crippen LogP contribution in [0.1, 0.15) is 0 Å². The summed E-state index contributed by atoms with van der Waals surface area (Å²) < 4.78 is 13.9. The molecule has 0 aliphatic heterocycles. The maximum atomic E-state index is 13.9. The largest absolute Gasteiger partial charge is 0.508 e. The van der Waals surface area contributed by atoms with Gasteiger partial charge < -0.3 is 10.1 Å². The molecule has 6 rings (SSSR count). The van der Waals surface area contributed by atoms with Crippen LogP contribution in [0.25, 0.3) is 55.7 Å². The predicted molar refractivity (Wildman–Crippen MR) is 119 cm³/mol. The van der Waals surface area contributed by atoms with Gasteiger partial charge >= 0.3 is 0 Å². The number of rotatable bonds is 3. The van der Waals surface area contributed by atoms with Crippen LogP contribution < -0.4 is 0 Å². The van der Waals surface area contributed by atoms with Crippen molar-refractivity contribution in [3.63, 3.8) is 0 Å². The standard InChI is InChI=1S/C24H15FN6O/c25-15-6-13(7-16(32)8-15)17-2-1-3-20-18(17)9-22(28-20)24-23-21(30-31-24)5-4-19(29-23)14-10-26-12-27-11-14/h1-12,28,32H,(H,30,31). The second kappa shape index (κ2) is 6.98. The normalized spacial score (nSPS) is 11.4. The molecule has 0 radical (unpaired) electrons. The fraction of sp³-hybridized carbons (Fsp3) is 0. The number of phenols is 1. The average Bonchev–Trinajstić information content (AvgIpc) is 3.42. The zero-order valence-corrected chi connectivity index (χ0v) is 16.5. The minimum absolute atomic E-state index is 0.118. The summed E-state index contributed by atoms with van der Waals surface area (Å²) in [5, 5.41) is 18.2. The molecule has 0 unspecified atom stereocenters. The van der Waals surface area contributed by atoms with Crippen LogP contribution >= 0.6 is 0 Å². The van der Waals surface area contributed by atoms with Gasteiger partial charge in [0.25, 0.3) is 0 Å². The maximum absolute atomic E-state index is 13.9. The van der Waals surface area contributed by atoms with Gasteiger partial charge in [0, 0.05) is 34.9 Å². The third-order valence-corrected chi connectivity index (χ3v) is 5.38. The first-order valence-corrected chi connectivity index (χ1v) is 9.88. The number of aromatic nitrogens is 6. The van der Waals surface area contributed by atoms with Gasteiger partial charge in [-0.25, -0.2) is 19.3 Å². The summed E-state index contributed by atoms with van der Waals surface area (Å²) in [5.41, 5.74) is 6.77. The molecule has 4 aromatic heterocycles. The number of hydrogen-bond acceptors (Lipinski definition) is 5. The summed E-state index contributed by atoms with van der Waals surface area (Å²) >= 11 is 0. The monoisotopic (exact) mass is 422 g/mol. The summed E-state index contributed by atoms with van der Waals surface area (Å²) in [6, 6.07) is 15.5. The molecule has 32 heavy (non-hydrogen) atoms. The van der Waals surface area contributed by atoms with Crippen molar-refractivity contribution in [2.45, 2.75) is 0 Å². The summed E-state index contributed by atoms with van der Waals surface area (Å²) in [5.74, 6) is -0.611. The molecule has 4 heterocycles. The van der Waals surface area contributed by atoms with Crippen LogP contribution in [0.3, 0.4) is 0 Å². The van der Waals surface area contributed by atoms with Gasteiger partial charge in [0.05, 0.1) is 16.9 Å². The lowest BCUT2D eigenvalue weighted by molar-refractivity contribution is 0.469. The second-order valence-corrected chi connectivity index (χ2v) is 7.44. The van der Waals surface area contributed by atoms with Gasteiger partial charge in [-0.1, -0.05) is 12.1 Å². The van der Waals surface area contributed by atoms with E-state index >= 15 is 0 Å². The fourth-order valence-electron chi connectivity index (χ4n) is 3.94. The number of pyridine rings is 1. The molecular formula is C24H15FN6O. The van der Waals surface area contributed by atoms with Crippen molar-refractivity contribution in [2.75, 3.05) is 0 Å². The van der Waals surface area contributed by atoms with Crippen molar-refractivity contribution < 1.29 is 9.50 Å². The third-order valence-electron chi connectivity index (χ3n) is 5.38. The molecule has 0 amide bonds. The van der Waals surface area contributed by atoms with Gasteiger partial charge in [-0.2, -0.15) is 5.10 Å². The van der Waals surface area contributed by atoms with Crippen molar-refractivity contribution in [3.05, 3.63) is 79.1 Å². The minimum Gasteiger partial charge on any atom is -0.508 e. The van der Waals surface area contributed by atoms with E-state index in [4.69, 9.17) is 4.98 Å². The van der Waals surface area contributed by atoms with Gasteiger partial charge in [-0.05, 0) is 47.5 Å². The maximum Gasteiger partial charge on any atom is 0.135 e. The lowest BCUT2D eigenvalue weighted by atomic mass is 10.0. The molecule has 7 nitrogen and oxygen atoms in total. The Morgan fingerprint density at radius 2 is 1.75 bits per heavy atom. The van der Waals surface area contributed by atoms with Crippen LogP contribution in [-0.2, 0) is 0 Å². The van der Waals surface area contributed by atoms with Gasteiger partial charge in [-0.3, -0.25) is 5.10 Å². The van der Waals surface area contributed by atoms with Crippen molar-refractivity contribution in [2.24, 2.45) is 0 Å². The number of hydrogen-bond donors (Lipinski definition) is 3. The Morgan fingerprint density at radius 3 is 2.59 bits per heavy atom. The molecule has 0 aliphatic rings. The van der Waals surface area contributed by atoms with Crippen molar-refractivity contribution in [1.82, 2.24) is 30.1 Å². The molecule has 154 valence electrons. The van der Waals surface area contributed by atoms with Crippen LogP contribution in [0.15, 0.2) is 73.3 Å². The van der Waals surface area contributed by atoms with Crippen LogP contribution in [0.2, 0.25) is 0 Å². The molecule has 0 bridgehead atoms. The molecule has 6 aromatic rings. The first kappa shape index (κ1) is 18.2. The molecule has 0 fully saturated rings. The Balaban J connectivity index is 1.52. The number of fused-ring (bicyclic) bond motifs is 2. The Labute approximate surface area is 180 Å². The molecule has 0 atom stereocenters. The predicted octanol–water partition coefficient (Wildman–Crippen LogP) is 5.07. The average molecular weight is 422 g/mol. The van der Waals surface area contributed by atoms with Gasteiger partial charge in [0.2, 0.25) is 0 Å². The summed E-state index contributed by atoms with van der Waals surface area (Å²) in [6.45, 7) is 0. The third kappa shape index (κ3) is 2.97. The highest BCUT2D eigenvalue weighted by Gasteiger charge is 2.16.